The largest absolute Gasteiger partial charge is 0.478 e. The van der Waals surface area contributed by atoms with E-state index in [1.807, 2.05) is 0 Å². The second kappa shape index (κ2) is 5.64. The van der Waals surface area contributed by atoms with Crippen molar-refractivity contribution in [3.63, 3.8) is 0 Å². The number of aromatic carboxylic acids is 1. The summed E-state index contributed by atoms with van der Waals surface area (Å²) in [7, 11) is 0. The van der Waals surface area contributed by atoms with Crippen molar-refractivity contribution in [3.05, 3.63) is 22.8 Å². The minimum atomic E-state index is -1.17. The summed E-state index contributed by atoms with van der Waals surface area (Å²) in [6.45, 7) is -0.687. The number of anilines is 1. The van der Waals surface area contributed by atoms with E-state index in [2.05, 4.69) is 10.3 Å². The van der Waals surface area contributed by atoms with Crippen molar-refractivity contribution in [1.29, 1.82) is 0 Å². The van der Waals surface area contributed by atoms with Crippen LogP contribution in [-0.2, 0) is 0 Å². The number of carboxylic acids is 1. The molecule has 1 heterocycles. The van der Waals surface area contributed by atoms with E-state index < -0.39 is 12.0 Å². The molecule has 0 aliphatic heterocycles. The highest BCUT2D eigenvalue weighted by Gasteiger charge is 2.15. The lowest BCUT2D eigenvalue weighted by Crippen LogP contribution is -2.29. The van der Waals surface area contributed by atoms with Crippen LogP contribution in [0.5, 0.6) is 0 Å². The van der Waals surface area contributed by atoms with Gasteiger partial charge in [-0.25, -0.2) is 9.78 Å². The monoisotopic (exact) mass is 246 g/mol. The number of aromatic nitrogens is 1. The summed E-state index contributed by atoms with van der Waals surface area (Å²) < 4.78 is 0. The van der Waals surface area contributed by atoms with Crippen LogP contribution in [0.3, 0.4) is 0 Å². The number of aliphatic hydroxyl groups is 2. The number of pyridine rings is 1. The number of aliphatic hydroxyl groups excluding tert-OH is 2. The molecule has 0 radical (unpaired) electrons. The van der Waals surface area contributed by atoms with Crippen molar-refractivity contribution in [2.45, 2.75) is 6.04 Å². The van der Waals surface area contributed by atoms with Crippen LogP contribution >= 0.6 is 11.6 Å². The second-order valence-corrected chi connectivity index (χ2v) is 3.43. The summed E-state index contributed by atoms with van der Waals surface area (Å²) in [4.78, 5) is 14.6. The van der Waals surface area contributed by atoms with Crippen molar-refractivity contribution in [2.75, 3.05) is 18.5 Å². The molecule has 0 bridgehead atoms. The van der Waals surface area contributed by atoms with Gasteiger partial charge in [0.15, 0.2) is 0 Å². The Balaban J connectivity index is 3.00. The van der Waals surface area contributed by atoms with Gasteiger partial charge in [-0.3, -0.25) is 0 Å². The molecule has 0 spiro atoms. The molecule has 16 heavy (non-hydrogen) atoms. The van der Waals surface area contributed by atoms with E-state index in [1.165, 1.54) is 12.1 Å². The average Bonchev–Trinajstić information content (AvgIpc) is 2.25. The first-order valence-corrected chi connectivity index (χ1v) is 4.84. The van der Waals surface area contributed by atoms with Gasteiger partial charge in [-0.1, -0.05) is 11.6 Å². The van der Waals surface area contributed by atoms with Gasteiger partial charge >= 0.3 is 5.97 Å². The van der Waals surface area contributed by atoms with Gasteiger partial charge in [0.25, 0.3) is 0 Å². The fourth-order valence-corrected chi connectivity index (χ4v) is 1.21. The Morgan fingerprint density at radius 2 is 2.06 bits per heavy atom. The van der Waals surface area contributed by atoms with E-state index in [0.717, 1.165) is 0 Å². The molecule has 0 aromatic carbocycles. The van der Waals surface area contributed by atoms with Crippen LogP contribution in [0.2, 0.25) is 5.15 Å². The number of nitrogens with one attached hydrogen (secondary N) is 1. The summed E-state index contributed by atoms with van der Waals surface area (Å²) in [6.07, 6.45) is 0. The number of nitrogens with zero attached hydrogens (tertiary/aromatic N) is 1. The first-order valence-electron chi connectivity index (χ1n) is 4.46. The fraction of sp³-hybridized carbons (Fsp3) is 0.333. The van der Waals surface area contributed by atoms with Crippen LogP contribution in [-0.4, -0.2) is 45.5 Å². The van der Waals surface area contributed by atoms with Gasteiger partial charge in [0.2, 0.25) is 0 Å². The second-order valence-electron chi connectivity index (χ2n) is 3.04. The third-order valence-corrected chi connectivity index (χ3v) is 2.08. The van der Waals surface area contributed by atoms with Crippen LogP contribution in [0.4, 0.5) is 5.82 Å². The summed E-state index contributed by atoms with van der Waals surface area (Å²) in [5, 5.41) is 29.3. The summed E-state index contributed by atoms with van der Waals surface area (Å²) in [5.74, 6) is -1.14. The van der Waals surface area contributed by atoms with E-state index >= 15 is 0 Å². The third kappa shape index (κ3) is 3.06. The molecule has 0 fully saturated rings. The van der Waals surface area contributed by atoms with Crippen LogP contribution in [0.15, 0.2) is 12.1 Å². The van der Waals surface area contributed by atoms with Crippen LogP contribution in [0, 0.1) is 0 Å². The van der Waals surface area contributed by atoms with Crippen molar-refractivity contribution >= 4 is 23.4 Å². The van der Waals surface area contributed by atoms with Crippen LogP contribution < -0.4 is 5.32 Å². The number of carbonyl (C=O) groups is 1. The van der Waals surface area contributed by atoms with E-state index in [4.69, 9.17) is 26.9 Å². The molecule has 7 heteroatoms. The van der Waals surface area contributed by atoms with Gasteiger partial charge in [-0.15, -0.1) is 0 Å². The maximum absolute atomic E-state index is 10.8. The fourth-order valence-electron chi connectivity index (χ4n) is 1.06. The SMILES string of the molecule is O=C(O)c1ccc(Cl)nc1NC(CO)CO. The lowest BCUT2D eigenvalue weighted by molar-refractivity contribution is 0.0697. The van der Waals surface area contributed by atoms with Gasteiger partial charge < -0.3 is 20.6 Å². The van der Waals surface area contributed by atoms with E-state index in [-0.39, 0.29) is 29.7 Å². The highest BCUT2D eigenvalue weighted by Crippen LogP contribution is 2.17. The Hall–Kier alpha value is -1.37. The summed E-state index contributed by atoms with van der Waals surface area (Å²) in [6, 6.07) is 1.97. The van der Waals surface area contributed by atoms with Gasteiger partial charge in [0.1, 0.15) is 16.5 Å². The van der Waals surface area contributed by atoms with Crippen LogP contribution in [0.1, 0.15) is 10.4 Å². The van der Waals surface area contributed by atoms with Crippen LogP contribution in [0.25, 0.3) is 0 Å². The quantitative estimate of drug-likeness (QED) is 0.554. The molecular weight excluding hydrogens is 236 g/mol. The lowest BCUT2D eigenvalue weighted by Gasteiger charge is -2.15. The highest BCUT2D eigenvalue weighted by atomic mass is 35.5. The molecule has 0 unspecified atom stereocenters. The molecule has 4 N–H and O–H groups in total. The lowest BCUT2D eigenvalue weighted by atomic mass is 10.2. The smallest absolute Gasteiger partial charge is 0.339 e. The first-order chi connectivity index (χ1) is 7.58. The highest BCUT2D eigenvalue weighted by molar-refractivity contribution is 6.29. The standard InChI is InChI=1S/C9H11ClN2O4/c10-7-2-1-6(9(15)16)8(12-7)11-5(3-13)4-14/h1-2,5,13-14H,3-4H2,(H,11,12)(H,15,16). The van der Waals surface area contributed by atoms with E-state index in [9.17, 15) is 4.79 Å². The molecule has 0 saturated heterocycles. The Morgan fingerprint density at radius 1 is 1.44 bits per heavy atom. The van der Waals surface area contributed by atoms with Gasteiger partial charge in [0.05, 0.1) is 19.3 Å². The van der Waals surface area contributed by atoms with Gasteiger partial charge in [0, 0.05) is 0 Å². The Labute approximate surface area is 96.5 Å². The zero-order valence-electron chi connectivity index (χ0n) is 8.22. The van der Waals surface area contributed by atoms with Crippen molar-refractivity contribution in [1.82, 2.24) is 4.98 Å². The van der Waals surface area contributed by atoms with E-state index in [0.29, 0.717) is 0 Å². The Morgan fingerprint density at radius 3 is 2.56 bits per heavy atom. The predicted octanol–water partition coefficient (Wildman–Crippen LogP) is 0.198. The molecule has 0 aliphatic rings. The van der Waals surface area contributed by atoms with Crippen molar-refractivity contribution in [3.8, 4) is 0 Å². The minimum absolute atomic E-state index is 0.0214. The Bertz CT molecular complexity index is 382. The molecule has 0 amide bonds. The van der Waals surface area contributed by atoms with Gasteiger partial charge in [-0.2, -0.15) is 0 Å². The zero-order chi connectivity index (χ0) is 12.1. The maximum Gasteiger partial charge on any atom is 0.339 e. The maximum atomic E-state index is 10.8. The molecular formula is C9H11ClN2O4. The van der Waals surface area contributed by atoms with Gasteiger partial charge in [-0.05, 0) is 12.1 Å². The molecule has 1 aromatic heterocycles. The molecule has 1 aromatic rings. The number of carboxylic acid groups (broad SMARTS) is 1. The molecule has 0 aliphatic carbocycles. The normalized spacial score (nSPS) is 10.5. The van der Waals surface area contributed by atoms with Crippen molar-refractivity contribution < 1.29 is 20.1 Å². The molecule has 0 saturated carbocycles. The zero-order valence-corrected chi connectivity index (χ0v) is 8.98. The number of halogens is 1. The van der Waals surface area contributed by atoms with Crippen molar-refractivity contribution in [2.24, 2.45) is 0 Å². The number of rotatable bonds is 5. The molecule has 1 rings (SSSR count). The number of hydrogen-bond acceptors (Lipinski definition) is 5. The molecule has 6 nitrogen and oxygen atoms in total. The first kappa shape index (κ1) is 12.7. The molecule has 88 valence electrons. The predicted molar refractivity (Wildman–Crippen MR) is 57.8 cm³/mol. The topological polar surface area (TPSA) is 103 Å². The summed E-state index contributed by atoms with van der Waals surface area (Å²) in [5.41, 5.74) is -0.0729. The minimum Gasteiger partial charge on any atom is -0.478 e. The molecule has 0 atom stereocenters. The third-order valence-electron chi connectivity index (χ3n) is 1.87. The Kier molecular flexibility index (Phi) is 4.48. The van der Waals surface area contributed by atoms with E-state index in [1.54, 1.807) is 0 Å². The average molecular weight is 247 g/mol. The summed E-state index contributed by atoms with van der Waals surface area (Å²) >= 11 is 5.62. The number of hydrogen-bond donors (Lipinski definition) is 4.